The molecule has 3 heterocycles. The van der Waals surface area contributed by atoms with Gasteiger partial charge < -0.3 is 4.90 Å². The van der Waals surface area contributed by atoms with Crippen LogP contribution in [0, 0.1) is 12.7 Å². The molecule has 1 aromatic heterocycles. The van der Waals surface area contributed by atoms with Crippen molar-refractivity contribution >= 4 is 15.7 Å². The highest BCUT2D eigenvalue weighted by atomic mass is 32.2. The highest BCUT2D eigenvalue weighted by Gasteiger charge is 2.34. The molecule has 0 saturated carbocycles. The van der Waals surface area contributed by atoms with Gasteiger partial charge in [-0.25, -0.2) is 17.8 Å². The Morgan fingerprint density at radius 1 is 1.15 bits per heavy atom. The zero-order chi connectivity index (χ0) is 23.8. The molecule has 1 amide bonds. The summed E-state index contributed by atoms with van der Waals surface area (Å²) in [6.45, 7) is 8.01. The topological polar surface area (TPSA) is 70.6 Å². The third-order valence-electron chi connectivity index (χ3n) is 7.14. The first-order valence-corrected chi connectivity index (χ1v) is 13.4. The lowest BCUT2D eigenvalue weighted by atomic mass is 9.98. The number of sulfone groups is 1. The minimum Gasteiger partial charge on any atom is -0.334 e. The van der Waals surface area contributed by atoms with Crippen LogP contribution in [0.3, 0.4) is 0 Å². The molecule has 2 aliphatic rings. The fourth-order valence-electron chi connectivity index (χ4n) is 5.02. The second-order valence-corrected chi connectivity index (χ2v) is 11.4. The van der Waals surface area contributed by atoms with Gasteiger partial charge in [0.2, 0.25) is 0 Å². The molecule has 2 atom stereocenters. The molecular formula is C25H32FN3O3S. The smallest absolute Gasteiger partial charge is 0.257 e. The van der Waals surface area contributed by atoms with Crippen molar-refractivity contribution in [1.82, 2.24) is 14.8 Å². The SMILES string of the molecule is CCS(=O)(=O)c1ccc(-c2ccc(C(=O)N3CCC[C@H]3CN3CCC[C@H]3C)c(F)c2C)cn1. The molecule has 33 heavy (non-hydrogen) atoms. The van der Waals surface area contributed by atoms with Gasteiger partial charge in [0.25, 0.3) is 5.91 Å². The van der Waals surface area contributed by atoms with Crippen LogP contribution in [0.15, 0.2) is 35.5 Å². The number of benzene rings is 1. The van der Waals surface area contributed by atoms with Gasteiger partial charge in [-0.1, -0.05) is 13.0 Å². The Labute approximate surface area is 195 Å². The van der Waals surface area contributed by atoms with Gasteiger partial charge in [-0.05, 0) is 75.4 Å². The van der Waals surface area contributed by atoms with Gasteiger partial charge in [0.1, 0.15) is 5.82 Å². The number of amides is 1. The van der Waals surface area contributed by atoms with Crippen LogP contribution in [0.25, 0.3) is 11.1 Å². The number of nitrogens with zero attached hydrogens (tertiary/aromatic N) is 3. The zero-order valence-electron chi connectivity index (χ0n) is 19.6. The van der Waals surface area contributed by atoms with Gasteiger partial charge in [-0.3, -0.25) is 9.69 Å². The second kappa shape index (κ2) is 9.50. The quantitative estimate of drug-likeness (QED) is 0.632. The zero-order valence-corrected chi connectivity index (χ0v) is 20.4. The van der Waals surface area contributed by atoms with E-state index in [1.165, 1.54) is 25.1 Å². The Hall–Kier alpha value is -2.32. The van der Waals surface area contributed by atoms with E-state index < -0.39 is 15.7 Å². The van der Waals surface area contributed by atoms with Crippen molar-refractivity contribution in [2.45, 2.75) is 63.6 Å². The Balaban J connectivity index is 1.56. The predicted octanol–water partition coefficient (Wildman–Crippen LogP) is 4.08. The van der Waals surface area contributed by atoms with Crippen LogP contribution >= 0.6 is 0 Å². The van der Waals surface area contributed by atoms with E-state index in [9.17, 15) is 13.2 Å². The highest BCUT2D eigenvalue weighted by Crippen LogP contribution is 2.30. The summed E-state index contributed by atoms with van der Waals surface area (Å²) in [4.78, 5) is 21.7. The van der Waals surface area contributed by atoms with Crippen molar-refractivity contribution in [3.8, 4) is 11.1 Å². The molecule has 0 unspecified atom stereocenters. The molecule has 0 N–H and O–H groups in total. The summed E-state index contributed by atoms with van der Waals surface area (Å²) in [6, 6.07) is 7.00. The molecule has 6 nitrogen and oxygen atoms in total. The van der Waals surface area contributed by atoms with Gasteiger partial charge >= 0.3 is 0 Å². The molecule has 2 aliphatic heterocycles. The average molecular weight is 474 g/mol. The lowest BCUT2D eigenvalue weighted by Gasteiger charge is -2.31. The van der Waals surface area contributed by atoms with Gasteiger partial charge in [0.05, 0.1) is 11.3 Å². The first-order chi connectivity index (χ1) is 15.7. The molecule has 4 rings (SSSR count). The number of carbonyl (C=O) groups excluding carboxylic acids is 1. The van der Waals surface area contributed by atoms with Gasteiger partial charge in [0, 0.05) is 36.9 Å². The first-order valence-electron chi connectivity index (χ1n) is 11.8. The molecule has 0 aliphatic carbocycles. The van der Waals surface area contributed by atoms with Crippen molar-refractivity contribution in [2.75, 3.05) is 25.4 Å². The summed E-state index contributed by atoms with van der Waals surface area (Å²) in [5, 5.41) is 0.00562. The number of pyridine rings is 1. The van der Waals surface area contributed by atoms with Crippen molar-refractivity contribution < 1.29 is 17.6 Å². The van der Waals surface area contributed by atoms with Crippen LogP contribution in [-0.4, -0.2) is 66.6 Å². The Morgan fingerprint density at radius 3 is 2.55 bits per heavy atom. The van der Waals surface area contributed by atoms with Gasteiger partial charge in [-0.2, -0.15) is 0 Å². The summed E-state index contributed by atoms with van der Waals surface area (Å²) < 4.78 is 39.4. The molecule has 0 spiro atoms. The lowest BCUT2D eigenvalue weighted by Crippen LogP contribution is -2.44. The number of carbonyl (C=O) groups is 1. The van der Waals surface area contributed by atoms with Crippen LogP contribution in [0.4, 0.5) is 4.39 Å². The van der Waals surface area contributed by atoms with Crippen molar-refractivity contribution in [3.05, 3.63) is 47.4 Å². The predicted molar refractivity (Wildman–Crippen MR) is 126 cm³/mol. The summed E-state index contributed by atoms with van der Waals surface area (Å²) in [6.07, 6.45) is 5.72. The number of halogens is 1. The number of rotatable bonds is 6. The summed E-state index contributed by atoms with van der Waals surface area (Å²) in [5.41, 5.74) is 1.66. The van der Waals surface area contributed by atoms with Crippen LogP contribution < -0.4 is 0 Å². The van der Waals surface area contributed by atoms with Gasteiger partial charge in [-0.15, -0.1) is 0 Å². The molecule has 2 fully saturated rings. The van der Waals surface area contributed by atoms with E-state index in [1.807, 2.05) is 4.90 Å². The maximum atomic E-state index is 15.4. The molecule has 178 valence electrons. The fourth-order valence-corrected chi connectivity index (χ4v) is 5.80. The molecule has 2 saturated heterocycles. The Morgan fingerprint density at radius 2 is 1.91 bits per heavy atom. The Kier molecular flexibility index (Phi) is 6.86. The molecule has 0 bridgehead atoms. The third-order valence-corrected chi connectivity index (χ3v) is 8.78. The van der Waals surface area contributed by atoms with E-state index in [2.05, 4.69) is 16.8 Å². The maximum absolute atomic E-state index is 15.4. The largest absolute Gasteiger partial charge is 0.334 e. The van der Waals surface area contributed by atoms with E-state index in [-0.39, 0.29) is 28.3 Å². The van der Waals surface area contributed by atoms with Crippen LogP contribution in [-0.2, 0) is 9.84 Å². The van der Waals surface area contributed by atoms with Gasteiger partial charge in [0.15, 0.2) is 14.9 Å². The molecule has 1 aromatic carbocycles. The number of hydrogen-bond acceptors (Lipinski definition) is 5. The minimum absolute atomic E-state index is 0.00562. The van der Waals surface area contributed by atoms with E-state index in [0.717, 1.165) is 25.9 Å². The summed E-state index contributed by atoms with van der Waals surface area (Å²) >= 11 is 0. The highest BCUT2D eigenvalue weighted by molar-refractivity contribution is 7.91. The normalized spacial score (nSPS) is 21.6. The Bertz CT molecular complexity index is 1130. The first kappa shape index (κ1) is 23.8. The molecular weight excluding hydrogens is 441 g/mol. The maximum Gasteiger partial charge on any atom is 0.257 e. The third kappa shape index (κ3) is 4.68. The monoisotopic (exact) mass is 473 g/mol. The van der Waals surface area contributed by atoms with E-state index in [4.69, 9.17) is 0 Å². The number of hydrogen-bond donors (Lipinski definition) is 0. The number of likely N-dealkylation sites (tertiary alicyclic amines) is 2. The minimum atomic E-state index is -3.40. The molecule has 0 radical (unpaired) electrons. The van der Waals surface area contributed by atoms with Crippen LogP contribution in [0.1, 0.15) is 55.5 Å². The van der Waals surface area contributed by atoms with Crippen LogP contribution in [0.2, 0.25) is 0 Å². The molecule has 8 heteroatoms. The standard InChI is InChI=1S/C25H32FN3O3S/c1-4-33(31,32)23-12-9-19(15-27-23)21-10-11-22(24(26)18(21)3)25(30)29-14-6-8-20(29)16-28-13-5-7-17(28)2/h9-12,15,17,20H,4-8,13-14,16H2,1-3H3/t17-,20+/m1/s1. The average Bonchev–Trinajstić information content (AvgIpc) is 3.44. The van der Waals surface area contributed by atoms with E-state index in [0.29, 0.717) is 29.3 Å². The van der Waals surface area contributed by atoms with Crippen molar-refractivity contribution in [2.24, 2.45) is 0 Å². The van der Waals surface area contributed by atoms with Crippen molar-refractivity contribution in [3.63, 3.8) is 0 Å². The second-order valence-electron chi connectivity index (χ2n) is 9.17. The fraction of sp³-hybridized carbons (Fsp3) is 0.520. The lowest BCUT2D eigenvalue weighted by molar-refractivity contribution is 0.0692. The van der Waals surface area contributed by atoms with E-state index >= 15 is 4.39 Å². The van der Waals surface area contributed by atoms with E-state index in [1.54, 1.807) is 32.0 Å². The van der Waals surface area contributed by atoms with Crippen molar-refractivity contribution in [1.29, 1.82) is 0 Å². The van der Waals surface area contributed by atoms with Crippen LogP contribution in [0.5, 0.6) is 0 Å². The summed E-state index contributed by atoms with van der Waals surface area (Å²) in [7, 11) is -3.40. The molecule has 2 aromatic rings. The summed E-state index contributed by atoms with van der Waals surface area (Å²) in [5.74, 6) is -0.806. The number of aromatic nitrogens is 1.